The monoisotopic (exact) mass is 397 g/mol. The molecule has 1 unspecified atom stereocenters. The van der Waals surface area contributed by atoms with Crippen molar-refractivity contribution < 1.29 is 23.1 Å². The van der Waals surface area contributed by atoms with Crippen molar-refractivity contribution in [3.8, 4) is 5.75 Å². The number of halogens is 2. The van der Waals surface area contributed by atoms with Gasteiger partial charge in [0.05, 0.1) is 11.4 Å². The fraction of sp³-hybridized carbons (Fsp3) is 0.190. The van der Waals surface area contributed by atoms with Crippen molar-refractivity contribution in [1.29, 1.82) is 0 Å². The molecule has 1 N–H and O–H groups in total. The molecule has 2 aromatic carbocycles. The number of Topliss-reactive ketones (excluding diaryl/α,β-unsaturated/α-hetero) is 1. The average molecular weight is 397 g/mol. The van der Waals surface area contributed by atoms with E-state index in [4.69, 9.17) is 0 Å². The second-order valence-electron chi connectivity index (χ2n) is 6.70. The van der Waals surface area contributed by atoms with Crippen LogP contribution in [0.15, 0.2) is 59.8 Å². The summed E-state index contributed by atoms with van der Waals surface area (Å²) in [6, 6.07) is 13.1. The number of ketones is 1. The second kappa shape index (κ2) is 7.46. The minimum atomic E-state index is -2.93. The average Bonchev–Trinajstić information content (AvgIpc) is 3.27. The maximum atomic E-state index is 12.9. The number of aromatic amines is 1. The van der Waals surface area contributed by atoms with Crippen LogP contribution in [0.2, 0.25) is 0 Å². The quantitative estimate of drug-likeness (QED) is 0.641. The first-order valence-corrected chi connectivity index (χ1v) is 8.95. The number of hydrogen-bond acceptors (Lipinski definition) is 4. The Hall–Kier alpha value is -3.55. The largest absolute Gasteiger partial charge is 0.435 e. The summed E-state index contributed by atoms with van der Waals surface area (Å²) in [4.78, 5) is 28.9. The van der Waals surface area contributed by atoms with Crippen LogP contribution < -0.4 is 9.75 Å². The third-order valence-corrected chi connectivity index (χ3v) is 4.81. The molecule has 0 radical (unpaired) electrons. The van der Waals surface area contributed by atoms with Crippen LogP contribution in [0.4, 0.5) is 14.5 Å². The van der Waals surface area contributed by atoms with E-state index in [0.717, 1.165) is 21.5 Å². The third-order valence-electron chi connectivity index (χ3n) is 4.81. The molecule has 0 bridgehead atoms. The Morgan fingerprint density at radius 2 is 1.97 bits per heavy atom. The molecule has 1 aliphatic heterocycles. The van der Waals surface area contributed by atoms with Gasteiger partial charge in [-0.05, 0) is 48.9 Å². The number of anilines is 1. The number of carbonyl (C=O) groups excluding carboxylic acids is 2. The number of alkyl halides is 2. The molecule has 0 aliphatic carbocycles. The number of nitrogens with one attached hydrogen (secondary N) is 1. The molecule has 148 valence electrons. The van der Waals surface area contributed by atoms with Crippen LogP contribution in [0.3, 0.4) is 0 Å². The summed E-state index contributed by atoms with van der Waals surface area (Å²) < 4.78 is 28.9. The van der Waals surface area contributed by atoms with E-state index in [9.17, 15) is 18.4 Å². The Labute approximate surface area is 164 Å². The number of rotatable bonds is 6. The highest BCUT2D eigenvalue weighted by molar-refractivity contribution is 6.27. The molecule has 1 aliphatic rings. The summed E-state index contributed by atoms with van der Waals surface area (Å²) in [5.74, 6) is -1.70. The van der Waals surface area contributed by atoms with Crippen LogP contribution in [-0.4, -0.2) is 29.0 Å². The van der Waals surface area contributed by atoms with E-state index in [-0.39, 0.29) is 18.0 Å². The van der Waals surface area contributed by atoms with Gasteiger partial charge < -0.3 is 9.72 Å². The normalized spacial score (nSPS) is 16.6. The van der Waals surface area contributed by atoms with Crippen molar-refractivity contribution in [2.24, 2.45) is 11.0 Å². The summed E-state index contributed by atoms with van der Waals surface area (Å²) in [7, 11) is 0. The summed E-state index contributed by atoms with van der Waals surface area (Å²) in [6.45, 7) is -1.30. The first kappa shape index (κ1) is 18.8. The van der Waals surface area contributed by atoms with Gasteiger partial charge in [0.15, 0.2) is 5.78 Å². The zero-order chi connectivity index (χ0) is 20.5. The van der Waals surface area contributed by atoms with Crippen LogP contribution in [-0.2, 0) is 16.0 Å². The second-order valence-corrected chi connectivity index (χ2v) is 6.70. The standard InChI is InChI=1S/C21H17F2N3O3/c1-12-19(18(27)11-13-3-2-4-17-16(13)9-10-24-17)20(28)26(25-12)14-5-7-15(8-6-14)29-21(22)23/h2-10,19,21,24H,11H2,1H3. The number of carbonyl (C=O) groups is 2. The van der Waals surface area contributed by atoms with Gasteiger partial charge >= 0.3 is 6.61 Å². The van der Waals surface area contributed by atoms with E-state index in [1.807, 2.05) is 24.3 Å². The Kier molecular flexibility index (Phi) is 4.84. The molecule has 0 fully saturated rings. The van der Waals surface area contributed by atoms with Gasteiger partial charge in [-0.15, -0.1) is 0 Å². The van der Waals surface area contributed by atoms with Crippen LogP contribution in [0.25, 0.3) is 10.9 Å². The van der Waals surface area contributed by atoms with Gasteiger partial charge in [-0.25, -0.2) is 0 Å². The number of hydrogen-bond donors (Lipinski definition) is 1. The maximum absolute atomic E-state index is 12.9. The SMILES string of the molecule is CC1=NN(c2ccc(OC(F)F)cc2)C(=O)C1C(=O)Cc1cccc2[nH]ccc12. The van der Waals surface area contributed by atoms with E-state index in [1.165, 1.54) is 24.3 Å². The number of ether oxygens (including phenoxy) is 1. The van der Waals surface area contributed by atoms with Crippen molar-refractivity contribution in [1.82, 2.24) is 4.98 Å². The first-order valence-electron chi connectivity index (χ1n) is 8.95. The lowest BCUT2D eigenvalue weighted by Crippen LogP contribution is -2.33. The Bertz CT molecular complexity index is 1110. The Morgan fingerprint density at radius 1 is 1.21 bits per heavy atom. The molecular formula is C21H17F2N3O3. The molecule has 1 atom stereocenters. The molecule has 0 spiro atoms. The predicted octanol–water partition coefficient (Wildman–Crippen LogP) is 3.92. The van der Waals surface area contributed by atoms with Crippen molar-refractivity contribution >= 4 is 34.0 Å². The molecule has 8 heteroatoms. The summed E-state index contributed by atoms with van der Waals surface area (Å²) in [5, 5.41) is 6.27. The highest BCUT2D eigenvalue weighted by Gasteiger charge is 2.39. The van der Waals surface area contributed by atoms with Crippen LogP contribution in [0, 0.1) is 5.92 Å². The molecular weight excluding hydrogens is 380 g/mol. The predicted molar refractivity (Wildman–Crippen MR) is 104 cm³/mol. The molecule has 29 heavy (non-hydrogen) atoms. The lowest BCUT2D eigenvalue weighted by molar-refractivity contribution is -0.128. The molecule has 1 aromatic heterocycles. The van der Waals surface area contributed by atoms with Gasteiger partial charge in [0, 0.05) is 23.5 Å². The van der Waals surface area contributed by atoms with E-state index in [0.29, 0.717) is 11.4 Å². The third kappa shape index (κ3) is 3.61. The number of amides is 1. The van der Waals surface area contributed by atoms with Crippen molar-refractivity contribution in [2.75, 3.05) is 5.01 Å². The number of hydrazone groups is 1. The van der Waals surface area contributed by atoms with Gasteiger partial charge in [-0.2, -0.15) is 18.9 Å². The fourth-order valence-corrected chi connectivity index (χ4v) is 3.48. The lowest BCUT2D eigenvalue weighted by Gasteiger charge is -2.15. The highest BCUT2D eigenvalue weighted by Crippen LogP contribution is 2.28. The number of benzene rings is 2. The molecule has 3 aromatic rings. The minimum absolute atomic E-state index is 0.0247. The van der Waals surface area contributed by atoms with Crippen LogP contribution >= 0.6 is 0 Å². The smallest absolute Gasteiger partial charge is 0.387 e. The number of H-pyrrole nitrogens is 1. The number of fused-ring (bicyclic) bond motifs is 1. The molecule has 6 nitrogen and oxygen atoms in total. The van der Waals surface area contributed by atoms with Gasteiger partial charge in [-0.3, -0.25) is 9.59 Å². The molecule has 1 amide bonds. The molecule has 0 saturated carbocycles. The van der Waals surface area contributed by atoms with E-state index >= 15 is 0 Å². The maximum Gasteiger partial charge on any atom is 0.387 e. The molecule has 2 heterocycles. The zero-order valence-corrected chi connectivity index (χ0v) is 15.4. The van der Waals surface area contributed by atoms with E-state index in [2.05, 4.69) is 14.8 Å². The summed E-state index contributed by atoms with van der Waals surface area (Å²) >= 11 is 0. The van der Waals surface area contributed by atoms with Gasteiger partial charge in [0.25, 0.3) is 5.91 Å². The van der Waals surface area contributed by atoms with Gasteiger partial charge in [0.1, 0.15) is 11.7 Å². The van der Waals surface area contributed by atoms with Crippen LogP contribution in [0.1, 0.15) is 12.5 Å². The zero-order valence-electron chi connectivity index (χ0n) is 15.4. The first-order chi connectivity index (χ1) is 13.9. The van der Waals surface area contributed by atoms with Crippen molar-refractivity contribution in [2.45, 2.75) is 20.0 Å². The topological polar surface area (TPSA) is 74.8 Å². The Morgan fingerprint density at radius 3 is 2.69 bits per heavy atom. The van der Waals surface area contributed by atoms with Crippen molar-refractivity contribution in [3.63, 3.8) is 0 Å². The lowest BCUT2D eigenvalue weighted by atomic mass is 9.93. The van der Waals surface area contributed by atoms with Crippen molar-refractivity contribution in [3.05, 3.63) is 60.3 Å². The van der Waals surface area contributed by atoms with E-state index < -0.39 is 18.4 Å². The van der Waals surface area contributed by atoms with E-state index in [1.54, 1.807) is 13.1 Å². The number of aromatic nitrogens is 1. The fourth-order valence-electron chi connectivity index (χ4n) is 3.48. The minimum Gasteiger partial charge on any atom is -0.435 e. The molecule has 4 rings (SSSR count). The summed E-state index contributed by atoms with van der Waals surface area (Å²) in [5.41, 5.74) is 2.53. The summed E-state index contributed by atoms with van der Waals surface area (Å²) in [6.07, 6.45) is 1.91. The molecule has 0 saturated heterocycles. The van der Waals surface area contributed by atoms with Crippen LogP contribution in [0.5, 0.6) is 5.75 Å². The highest BCUT2D eigenvalue weighted by atomic mass is 19.3. The number of nitrogens with zero attached hydrogens (tertiary/aromatic N) is 2. The van der Waals surface area contributed by atoms with Gasteiger partial charge in [0.2, 0.25) is 0 Å². The van der Waals surface area contributed by atoms with Gasteiger partial charge in [-0.1, -0.05) is 12.1 Å². The Balaban J connectivity index is 1.52.